The summed E-state index contributed by atoms with van der Waals surface area (Å²) in [6, 6.07) is 0. The molecule has 1 aliphatic rings. The summed E-state index contributed by atoms with van der Waals surface area (Å²) >= 11 is 1.19. The molecule has 112 valence electrons. The van der Waals surface area contributed by atoms with Crippen molar-refractivity contribution < 1.29 is 18.3 Å². The van der Waals surface area contributed by atoms with E-state index in [-0.39, 0.29) is 18.8 Å². The number of aromatic nitrogens is 4. The van der Waals surface area contributed by atoms with E-state index in [1.165, 1.54) is 23.0 Å². The van der Waals surface area contributed by atoms with Gasteiger partial charge < -0.3 is 9.64 Å². The summed E-state index contributed by atoms with van der Waals surface area (Å²) in [5, 5.41) is 8.32. The predicted molar refractivity (Wildman–Crippen MR) is 69.2 cm³/mol. The van der Waals surface area contributed by atoms with E-state index in [1.54, 1.807) is 0 Å². The highest BCUT2D eigenvalue weighted by Crippen LogP contribution is 2.23. The largest absolute Gasteiger partial charge is 0.373 e. The molecular weight excluding hydrogens is 304 g/mol. The molecule has 0 unspecified atom stereocenters. The molecule has 10 heteroatoms. The third-order valence-electron chi connectivity index (χ3n) is 2.87. The van der Waals surface area contributed by atoms with Crippen molar-refractivity contribution in [2.45, 2.75) is 5.92 Å². The van der Waals surface area contributed by atoms with Crippen LogP contribution in [0.25, 0.3) is 10.8 Å². The van der Waals surface area contributed by atoms with Gasteiger partial charge in [-0.3, -0.25) is 9.89 Å². The Kier molecular flexibility index (Phi) is 3.64. The summed E-state index contributed by atoms with van der Waals surface area (Å²) in [4.78, 5) is 21.4. The van der Waals surface area contributed by atoms with Crippen molar-refractivity contribution in [2.24, 2.45) is 0 Å². The number of amides is 1. The molecule has 0 aromatic carbocycles. The number of hydrogen-bond donors (Lipinski definition) is 1. The molecule has 1 N–H and O–H groups in total. The average Bonchev–Trinajstić information content (AvgIpc) is 3.08. The van der Waals surface area contributed by atoms with E-state index >= 15 is 0 Å². The fourth-order valence-corrected chi connectivity index (χ4v) is 2.66. The Labute approximate surface area is 122 Å². The normalized spacial score (nSPS) is 18.5. The number of ether oxygens (including phenoxy) is 1. The summed E-state index contributed by atoms with van der Waals surface area (Å²) in [5.41, 5.74) is 0.115. The van der Waals surface area contributed by atoms with Gasteiger partial charge in [0.25, 0.3) is 11.8 Å². The highest BCUT2D eigenvalue weighted by Gasteiger charge is 2.37. The molecule has 2 aromatic rings. The second-order valence-electron chi connectivity index (χ2n) is 4.51. The molecule has 0 atom stereocenters. The van der Waals surface area contributed by atoms with Crippen molar-refractivity contribution >= 4 is 17.2 Å². The lowest BCUT2D eigenvalue weighted by Gasteiger charge is -2.22. The maximum Gasteiger partial charge on any atom is 0.288 e. The van der Waals surface area contributed by atoms with Crippen LogP contribution < -0.4 is 0 Å². The first-order valence-electron chi connectivity index (χ1n) is 6.11. The van der Waals surface area contributed by atoms with Gasteiger partial charge in [-0.2, -0.15) is 5.10 Å². The van der Waals surface area contributed by atoms with E-state index in [9.17, 15) is 13.6 Å². The highest BCUT2D eigenvalue weighted by molar-refractivity contribution is 7.13. The van der Waals surface area contributed by atoms with Crippen LogP contribution in [-0.4, -0.2) is 63.2 Å². The van der Waals surface area contributed by atoms with Crippen LogP contribution in [0.5, 0.6) is 0 Å². The van der Waals surface area contributed by atoms with E-state index < -0.39 is 25.0 Å². The number of aromatic amines is 1. The molecule has 1 aliphatic heterocycles. The maximum absolute atomic E-state index is 13.5. The lowest BCUT2D eigenvalue weighted by molar-refractivity contribution is -0.0661. The molecule has 0 radical (unpaired) electrons. The van der Waals surface area contributed by atoms with Crippen molar-refractivity contribution in [1.82, 2.24) is 25.1 Å². The Balaban J connectivity index is 1.78. The fraction of sp³-hybridized carbons (Fsp3) is 0.455. The summed E-state index contributed by atoms with van der Waals surface area (Å²) < 4.78 is 31.7. The first-order valence-corrected chi connectivity index (χ1v) is 6.99. The number of nitrogens with zero attached hydrogens (tertiary/aromatic N) is 4. The Morgan fingerprint density at radius 3 is 3.14 bits per heavy atom. The number of H-pyrrole nitrogens is 1. The molecule has 0 bridgehead atoms. The number of thiazole rings is 1. The molecule has 3 rings (SSSR count). The summed E-state index contributed by atoms with van der Waals surface area (Å²) in [6.07, 6.45) is 1.32. The van der Waals surface area contributed by atoms with Gasteiger partial charge in [-0.1, -0.05) is 0 Å². The quantitative estimate of drug-likeness (QED) is 0.895. The van der Waals surface area contributed by atoms with Crippen molar-refractivity contribution in [1.29, 1.82) is 0 Å². The zero-order chi connectivity index (χ0) is 14.9. The highest BCUT2D eigenvalue weighted by atomic mass is 32.1. The second kappa shape index (κ2) is 5.45. The topological polar surface area (TPSA) is 84.0 Å². The molecule has 7 nitrogen and oxygen atoms in total. The van der Waals surface area contributed by atoms with Crippen LogP contribution in [0.1, 0.15) is 10.5 Å². The first-order chi connectivity index (χ1) is 10.1. The van der Waals surface area contributed by atoms with Gasteiger partial charge in [0.1, 0.15) is 18.6 Å². The Morgan fingerprint density at radius 2 is 2.38 bits per heavy atom. The van der Waals surface area contributed by atoms with Crippen LogP contribution in [0, 0.1) is 0 Å². The monoisotopic (exact) mass is 315 g/mol. The standard InChI is InChI=1S/C11H11F2N5O2S/c12-11(13)4-18(1-2-20-5-11)10(19)7-3-21-9(16-7)8-14-6-15-17-8/h3,6H,1-2,4-5H2,(H,14,15,17). The van der Waals surface area contributed by atoms with E-state index in [2.05, 4.69) is 20.2 Å². The van der Waals surface area contributed by atoms with Crippen LogP contribution in [0.2, 0.25) is 0 Å². The van der Waals surface area contributed by atoms with E-state index in [0.717, 1.165) is 4.90 Å². The molecule has 0 saturated carbocycles. The number of carbonyl (C=O) groups excluding carboxylic acids is 1. The smallest absolute Gasteiger partial charge is 0.288 e. The van der Waals surface area contributed by atoms with Crippen LogP contribution in [-0.2, 0) is 4.74 Å². The Morgan fingerprint density at radius 1 is 1.52 bits per heavy atom. The molecule has 3 heterocycles. The van der Waals surface area contributed by atoms with Crippen molar-refractivity contribution in [3.05, 3.63) is 17.4 Å². The van der Waals surface area contributed by atoms with Crippen molar-refractivity contribution in [3.63, 3.8) is 0 Å². The van der Waals surface area contributed by atoms with Gasteiger partial charge >= 0.3 is 0 Å². The van der Waals surface area contributed by atoms with Crippen LogP contribution in [0.4, 0.5) is 8.78 Å². The van der Waals surface area contributed by atoms with Gasteiger partial charge in [-0.15, -0.1) is 11.3 Å². The summed E-state index contributed by atoms with van der Waals surface area (Å²) in [6.45, 7) is -1.14. The summed E-state index contributed by atoms with van der Waals surface area (Å²) in [5.74, 6) is -3.15. The number of halogens is 2. The average molecular weight is 315 g/mol. The lowest BCUT2D eigenvalue weighted by atomic mass is 10.3. The fourth-order valence-electron chi connectivity index (χ4n) is 1.92. The third-order valence-corrected chi connectivity index (χ3v) is 3.72. The Hall–Kier alpha value is -1.94. The van der Waals surface area contributed by atoms with Gasteiger partial charge in [0.15, 0.2) is 10.8 Å². The number of alkyl halides is 2. The van der Waals surface area contributed by atoms with Crippen LogP contribution in [0.3, 0.4) is 0 Å². The SMILES string of the molecule is O=C(c1csc(-c2ncn[nH]2)n1)N1CCOCC(F)(F)C1. The molecule has 1 saturated heterocycles. The van der Waals surface area contributed by atoms with Gasteiger partial charge in [0.05, 0.1) is 13.2 Å². The zero-order valence-corrected chi connectivity index (χ0v) is 11.6. The van der Waals surface area contributed by atoms with Crippen LogP contribution in [0.15, 0.2) is 11.7 Å². The zero-order valence-electron chi connectivity index (χ0n) is 10.8. The molecule has 1 fully saturated rings. The molecule has 0 aliphatic carbocycles. The molecule has 2 aromatic heterocycles. The minimum Gasteiger partial charge on any atom is -0.373 e. The number of nitrogens with one attached hydrogen (secondary N) is 1. The predicted octanol–water partition coefficient (Wildman–Crippen LogP) is 1.04. The van der Waals surface area contributed by atoms with Crippen LogP contribution >= 0.6 is 11.3 Å². The number of carbonyl (C=O) groups is 1. The van der Waals surface area contributed by atoms with Gasteiger partial charge in [0, 0.05) is 11.9 Å². The van der Waals surface area contributed by atoms with E-state index in [4.69, 9.17) is 4.74 Å². The lowest BCUT2D eigenvalue weighted by Crippen LogP contribution is -2.41. The van der Waals surface area contributed by atoms with Gasteiger partial charge in [0.2, 0.25) is 0 Å². The number of hydrogen-bond acceptors (Lipinski definition) is 6. The Bertz CT molecular complexity index is 630. The molecular formula is C11H11F2N5O2S. The minimum atomic E-state index is -3.05. The number of rotatable bonds is 2. The van der Waals surface area contributed by atoms with Crippen molar-refractivity contribution in [3.8, 4) is 10.8 Å². The second-order valence-corrected chi connectivity index (χ2v) is 5.37. The van der Waals surface area contributed by atoms with E-state index in [1.807, 2.05) is 0 Å². The molecule has 1 amide bonds. The van der Waals surface area contributed by atoms with E-state index in [0.29, 0.717) is 10.8 Å². The molecule has 0 spiro atoms. The van der Waals surface area contributed by atoms with Gasteiger partial charge in [-0.25, -0.2) is 18.7 Å². The maximum atomic E-state index is 13.5. The van der Waals surface area contributed by atoms with Crippen molar-refractivity contribution in [2.75, 3.05) is 26.3 Å². The summed E-state index contributed by atoms with van der Waals surface area (Å²) in [7, 11) is 0. The third kappa shape index (κ3) is 3.05. The molecule has 21 heavy (non-hydrogen) atoms. The first kappa shape index (κ1) is 14.0. The minimum absolute atomic E-state index is 0.0838. The van der Waals surface area contributed by atoms with Gasteiger partial charge in [-0.05, 0) is 0 Å².